The maximum Gasteiger partial charge on any atom is 0.338 e. The fourth-order valence-corrected chi connectivity index (χ4v) is 1.03. The maximum absolute atomic E-state index is 11.4. The van der Waals surface area contributed by atoms with E-state index in [2.05, 4.69) is 0 Å². The fraction of sp³-hybridized carbons (Fsp3) is 0.300. The van der Waals surface area contributed by atoms with Crippen LogP contribution >= 0.6 is 0 Å². The van der Waals surface area contributed by atoms with E-state index in [0.717, 1.165) is 6.42 Å². The van der Waals surface area contributed by atoms with Crippen molar-refractivity contribution in [2.24, 2.45) is 0 Å². The van der Waals surface area contributed by atoms with Crippen molar-refractivity contribution < 1.29 is 14.7 Å². The van der Waals surface area contributed by atoms with E-state index < -0.39 is 5.97 Å². The van der Waals surface area contributed by atoms with Gasteiger partial charge in [0.15, 0.2) is 0 Å². The Hall–Kier alpha value is -1.59. The van der Waals surface area contributed by atoms with Crippen molar-refractivity contribution in [3.8, 4) is 0 Å². The minimum Gasteiger partial charge on any atom is -0.733 e. The lowest BCUT2D eigenvalue weighted by Gasteiger charge is -2.21. The predicted octanol–water partition coefficient (Wildman–Crippen LogP) is 1.95. The third kappa shape index (κ3) is 3.23. The summed E-state index contributed by atoms with van der Waals surface area (Å²) in [6, 6.07) is 5.68. The standard InChI is InChI=1S/C10H12NO4/c1-2-6-15-10(12)8-4-3-5-9(7-8)11(13)14/h3-5,7,13H,2,6H2,1H3/q-1. The average molecular weight is 210 g/mol. The average Bonchev–Trinajstić information content (AvgIpc) is 2.26. The topological polar surface area (TPSA) is 72.8 Å². The van der Waals surface area contributed by atoms with Crippen molar-refractivity contribution in [1.29, 1.82) is 0 Å². The number of carbonyl (C=O) groups is 1. The zero-order chi connectivity index (χ0) is 11.3. The van der Waals surface area contributed by atoms with E-state index in [1.54, 1.807) is 0 Å². The van der Waals surface area contributed by atoms with Crippen LogP contribution in [-0.4, -0.2) is 17.8 Å². The summed E-state index contributed by atoms with van der Waals surface area (Å²) < 4.78 is 4.87. The highest BCUT2D eigenvalue weighted by molar-refractivity contribution is 5.90. The van der Waals surface area contributed by atoms with Gasteiger partial charge in [-0.05, 0) is 24.6 Å². The summed E-state index contributed by atoms with van der Waals surface area (Å²) >= 11 is 0. The van der Waals surface area contributed by atoms with Crippen molar-refractivity contribution in [2.75, 3.05) is 11.8 Å². The van der Waals surface area contributed by atoms with Crippen molar-refractivity contribution in [3.63, 3.8) is 0 Å². The summed E-state index contributed by atoms with van der Waals surface area (Å²) in [7, 11) is 0. The van der Waals surface area contributed by atoms with Crippen LogP contribution in [0.1, 0.15) is 23.7 Å². The second kappa shape index (κ2) is 5.33. The number of hydrogen-bond donors (Lipinski definition) is 1. The maximum atomic E-state index is 11.4. The number of carbonyl (C=O) groups excluding carboxylic acids is 1. The molecule has 0 atom stereocenters. The van der Waals surface area contributed by atoms with Crippen LogP contribution in [0.25, 0.3) is 0 Å². The van der Waals surface area contributed by atoms with Gasteiger partial charge in [-0.3, -0.25) is 5.21 Å². The normalized spacial score (nSPS) is 9.80. The highest BCUT2D eigenvalue weighted by atomic mass is 16.8. The van der Waals surface area contributed by atoms with E-state index in [-0.39, 0.29) is 16.5 Å². The monoisotopic (exact) mass is 210 g/mol. The molecule has 0 spiro atoms. The third-order valence-electron chi connectivity index (χ3n) is 1.74. The molecule has 0 amide bonds. The van der Waals surface area contributed by atoms with Gasteiger partial charge in [0.2, 0.25) is 0 Å². The van der Waals surface area contributed by atoms with Gasteiger partial charge in [0.05, 0.1) is 17.9 Å². The molecule has 0 heterocycles. The Morgan fingerprint density at radius 2 is 2.33 bits per heavy atom. The van der Waals surface area contributed by atoms with Crippen molar-refractivity contribution in [3.05, 3.63) is 35.0 Å². The lowest BCUT2D eigenvalue weighted by Crippen LogP contribution is -2.10. The Bertz CT molecular complexity index is 338. The summed E-state index contributed by atoms with van der Waals surface area (Å²) in [6.45, 7) is 2.22. The highest BCUT2D eigenvalue weighted by Gasteiger charge is 2.06. The lowest BCUT2D eigenvalue weighted by molar-refractivity contribution is 0.0505. The summed E-state index contributed by atoms with van der Waals surface area (Å²) in [5.74, 6) is -0.499. The van der Waals surface area contributed by atoms with Crippen LogP contribution in [0.5, 0.6) is 0 Å². The molecule has 0 saturated carbocycles. The number of ether oxygens (including phenoxy) is 1. The molecule has 5 nitrogen and oxygen atoms in total. The first-order valence-electron chi connectivity index (χ1n) is 4.58. The molecule has 5 heteroatoms. The quantitative estimate of drug-likeness (QED) is 0.607. The molecule has 0 saturated heterocycles. The molecule has 0 bridgehead atoms. The number of rotatable bonds is 4. The SMILES string of the molecule is CCCOC(=O)c1cccc(N([O-])O)c1. The van der Waals surface area contributed by atoms with Crippen LogP contribution in [0.2, 0.25) is 0 Å². The van der Waals surface area contributed by atoms with Crippen LogP contribution in [-0.2, 0) is 4.74 Å². The molecule has 1 aromatic rings. The fourth-order valence-electron chi connectivity index (χ4n) is 1.03. The van der Waals surface area contributed by atoms with Crippen molar-refractivity contribution in [2.45, 2.75) is 13.3 Å². The Morgan fingerprint density at radius 1 is 1.60 bits per heavy atom. The first kappa shape index (κ1) is 11.5. The Balaban J connectivity index is 2.76. The minimum absolute atomic E-state index is 0.000878. The number of nitrogens with zero attached hydrogens (tertiary/aromatic N) is 1. The van der Waals surface area contributed by atoms with Gasteiger partial charge in [0.25, 0.3) is 0 Å². The van der Waals surface area contributed by atoms with Gasteiger partial charge in [0, 0.05) is 0 Å². The van der Waals surface area contributed by atoms with Crippen molar-refractivity contribution in [1.82, 2.24) is 0 Å². The van der Waals surface area contributed by atoms with Crippen LogP contribution < -0.4 is 5.23 Å². The van der Waals surface area contributed by atoms with Crippen LogP contribution in [0.15, 0.2) is 24.3 Å². The molecule has 0 aliphatic heterocycles. The zero-order valence-corrected chi connectivity index (χ0v) is 8.34. The number of benzene rings is 1. The van der Waals surface area contributed by atoms with Gasteiger partial charge in [-0.2, -0.15) is 0 Å². The molecule has 0 aliphatic carbocycles. The molecular formula is C10H12NO4-. The number of hydrogen-bond acceptors (Lipinski definition) is 5. The molecule has 0 fully saturated rings. The molecule has 82 valence electrons. The second-order valence-corrected chi connectivity index (χ2v) is 2.96. The molecule has 0 unspecified atom stereocenters. The third-order valence-corrected chi connectivity index (χ3v) is 1.74. The molecule has 0 radical (unpaired) electrons. The number of anilines is 1. The van der Waals surface area contributed by atoms with Gasteiger partial charge in [-0.25, -0.2) is 4.79 Å². The van der Waals surface area contributed by atoms with E-state index in [1.807, 2.05) is 6.92 Å². The van der Waals surface area contributed by atoms with Gasteiger partial charge < -0.3 is 15.2 Å². The second-order valence-electron chi connectivity index (χ2n) is 2.96. The van der Waals surface area contributed by atoms with Gasteiger partial charge in [0.1, 0.15) is 0 Å². The summed E-state index contributed by atoms with van der Waals surface area (Å²) in [5.41, 5.74) is 0.247. The first-order valence-corrected chi connectivity index (χ1v) is 4.58. The van der Waals surface area contributed by atoms with Gasteiger partial charge >= 0.3 is 5.97 Å². The summed E-state index contributed by atoms with van der Waals surface area (Å²) in [6.07, 6.45) is 0.735. The molecule has 1 aromatic carbocycles. The lowest BCUT2D eigenvalue weighted by atomic mass is 10.2. The first-order chi connectivity index (χ1) is 7.15. The van der Waals surface area contributed by atoms with E-state index in [4.69, 9.17) is 9.94 Å². The van der Waals surface area contributed by atoms with Crippen LogP contribution in [0.4, 0.5) is 5.69 Å². The minimum atomic E-state index is -0.499. The van der Waals surface area contributed by atoms with E-state index in [1.165, 1.54) is 24.3 Å². The van der Waals surface area contributed by atoms with Crippen LogP contribution in [0.3, 0.4) is 0 Å². The number of esters is 1. The largest absolute Gasteiger partial charge is 0.733 e. The molecular weight excluding hydrogens is 198 g/mol. The molecule has 0 aliphatic rings. The van der Waals surface area contributed by atoms with Crippen LogP contribution in [0, 0.1) is 5.21 Å². The van der Waals surface area contributed by atoms with E-state index in [9.17, 15) is 10.0 Å². The zero-order valence-electron chi connectivity index (χ0n) is 8.34. The smallest absolute Gasteiger partial charge is 0.338 e. The molecule has 15 heavy (non-hydrogen) atoms. The van der Waals surface area contributed by atoms with E-state index in [0.29, 0.717) is 6.61 Å². The van der Waals surface area contributed by atoms with E-state index >= 15 is 0 Å². The molecule has 1 N–H and O–H groups in total. The van der Waals surface area contributed by atoms with Crippen molar-refractivity contribution >= 4 is 11.7 Å². The summed E-state index contributed by atoms with van der Waals surface area (Å²) in [5, 5.41) is 18.9. The molecule has 1 rings (SSSR count). The predicted molar refractivity (Wildman–Crippen MR) is 54.6 cm³/mol. The highest BCUT2D eigenvalue weighted by Crippen LogP contribution is 2.14. The summed E-state index contributed by atoms with van der Waals surface area (Å²) in [4.78, 5) is 11.4. The molecule has 0 aromatic heterocycles. The van der Waals surface area contributed by atoms with Gasteiger partial charge in [-0.15, -0.1) is 0 Å². The Kier molecular flexibility index (Phi) is 4.08. The van der Waals surface area contributed by atoms with Gasteiger partial charge in [-0.1, -0.05) is 13.0 Å². The Labute approximate surface area is 87.4 Å². The Morgan fingerprint density at radius 3 is 2.93 bits per heavy atom.